The van der Waals surface area contributed by atoms with E-state index in [1.165, 1.54) is 29.7 Å². The van der Waals surface area contributed by atoms with Crippen LogP contribution in [0.2, 0.25) is 0 Å². The van der Waals surface area contributed by atoms with Crippen molar-refractivity contribution in [2.24, 2.45) is 0 Å². The normalized spacial score (nSPS) is 20.7. The minimum atomic E-state index is -0.235. The lowest BCUT2D eigenvalue weighted by Gasteiger charge is -2.30. The summed E-state index contributed by atoms with van der Waals surface area (Å²) in [5.41, 5.74) is 6.93. The number of nitrogens with two attached hydrogens (primary N) is 1. The van der Waals surface area contributed by atoms with Gasteiger partial charge >= 0.3 is 5.69 Å². The number of likely N-dealkylation sites (tertiary alicyclic amines) is 1. The second-order valence-electron chi connectivity index (χ2n) is 7.74. The van der Waals surface area contributed by atoms with Crippen LogP contribution in [0.4, 0.5) is 5.82 Å². The molecular weight excluding hydrogens is 336 g/mol. The Hall–Kier alpha value is -1.44. The summed E-state index contributed by atoms with van der Waals surface area (Å²) in [6.07, 6.45) is 4.63. The number of nitrogen functional groups attached to an aromatic ring is 1. The first-order chi connectivity index (χ1) is 11.9. The zero-order valence-corrected chi connectivity index (χ0v) is 15.8. The Labute approximate surface area is 151 Å². The Morgan fingerprint density at radius 3 is 2.76 bits per heavy atom. The first kappa shape index (κ1) is 17.0. The quantitative estimate of drug-likeness (QED) is 0.907. The number of aromatic nitrogens is 2. The highest BCUT2D eigenvalue weighted by molar-refractivity contribution is 7.19. The molecular formula is C18H26N4O2S. The fraction of sp³-hybridized carbons (Fsp3) is 0.667. The molecule has 0 amide bonds. The maximum atomic E-state index is 12.5. The summed E-state index contributed by atoms with van der Waals surface area (Å²) < 4.78 is 7.76. The number of hydrogen-bond acceptors (Lipinski definition) is 6. The lowest BCUT2D eigenvalue weighted by atomic mass is 9.94. The van der Waals surface area contributed by atoms with Crippen LogP contribution < -0.4 is 11.4 Å². The molecule has 4 heterocycles. The van der Waals surface area contributed by atoms with Gasteiger partial charge in [0.25, 0.3) is 0 Å². The summed E-state index contributed by atoms with van der Waals surface area (Å²) in [5, 5.41) is 0.967. The second-order valence-corrected chi connectivity index (χ2v) is 8.83. The fourth-order valence-electron chi connectivity index (χ4n) is 3.92. The lowest BCUT2D eigenvalue weighted by molar-refractivity contribution is -0.0379. The Bertz CT molecular complexity index is 849. The van der Waals surface area contributed by atoms with Crippen LogP contribution in [0.5, 0.6) is 0 Å². The molecule has 2 aliphatic rings. The third-order valence-corrected chi connectivity index (χ3v) is 6.53. The summed E-state index contributed by atoms with van der Waals surface area (Å²) in [7, 11) is 0. The van der Waals surface area contributed by atoms with Crippen molar-refractivity contribution >= 4 is 27.4 Å². The van der Waals surface area contributed by atoms with Gasteiger partial charge in [-0.25, -0.2) is 4.79 Å². The fourth-order valence-corrected chi connectivity index (χ4v) is 5.18. The molecule has 0 unspecified atom stereocenters. The van der Waals surface area contributed by atoms with Gasteiger partial charge in [-0.15, -0.1) is 11.3 Å². The molecule has 0 bridgehead atoms. The van der Waals surface area contributed by atoms with Gasteiger partial charge in [-0.05, 0) is 45.3 Å². The number of rotatable bonds is 3. The zero-order valence-electron chi connectivity index (χ0n) is 15.0. The van der Waals surface area contributed by atoms with Crippen molar-refractivity contribution in [1.82, 2.24) is 14.5 Å². The van der Waals surface area contributed by atoms with E-state index in [1.807, 2.05) is 4.57 Å². The van der Waals surface area contributed by atoms with Crippen molar-refractivity contribution in [3.05, 3.63) is 20.9 Å². The Morgan fingerprint density at radius 1 is 1.24 bits per heavy atom. The number of piperidine rings is 1. The molecule has 2 N–H and O–H groups in total. The lowest BCUT2D eigenvalue weighted by Crippen LogP contribution is -2.35. The second kappa shape index (κ2) is 6.37. The summed E-state index contributed by atoms with van der Waals surface area (Å²) >= 11 is 1.64. The van der Waals surface area contributed by atoms with Crippen LogP contribution in [0.25, 0.3) is 10.2 Å². The van der Waals surface area contributed by atoms with E-state index in [0.29, 0.717) is 19.0 Å². The van der Waals surface area contributed by atoms with Crippen LogP contribution >= 0.6 is 11.3 Å². The molecule has 0 atom stereocenters. The van der Waals surface area contributed by atoms with Gasteiger partial charge in [0.2, 0.25) is 0 Å². The Morgan fingerprint density at radius 2 is 2.00 bits per heavy atom. The van der Waals surface area contributed by atoms with E-state index < -0.39 is 0 Å². The molecule has 2 aromatic rings. The predicted octanol–water partition coefficient (Wildman–Crippen LogP) is 2.38. The molecule has 25 heavy (non-hydrogen) atoms. The summed E-state index contributed by atoms with van der Waals surface area (Å²) in [5.74, 6) is 0.365. The van der Waals surface area contributed by atoms with Crippen LogP contribution in [-0.2, 0) is 24.3 Å². The van der Waals surface area contributed by atoms with E-state index in [9.17, 15) is 4.79 Å². The van der Waals surface area contributed by atoms with E-state index in [-0.39, 0.29) is 11.3 Å². The van der Waals surface area contributed by atoms with Crippen LogP contribution in [0, 0.1) is 0 Å². The largest absolute Gasteiger partial charge is 0.383 e. The first-order valence-electron chi connectivity index (χ1n) is 9.11. The standard InChI is InChI=1S/C18H26N4O2S/c1-18(2)10-12-13(11-24-18)25-16-14(12)15(19)20-17(23)22(16)9-8-21-6-4-3-5-7-21/h3-11H2,1-2H3,(H2,19,20,23). The van der Waals surface area contributed by atoms with Gasteiger partial charge in [0.05, 0.1) is 17.6 Å². The van der Waals surface area contributed by atoms with Gasteiger partial charge in [-0.3, -0.25) is 4.57 Å². The van der Waals surface area contributed by atoms with Gasteiger partial charge in [0.1, 0.15) is 10.6 Å². The summed E-state index contributed by atoms with van der Waals surface area (Å²) in [6.45, 7) is 8.59. The zero-order chi connectivity index (χ0) is 17.6. The van der Waals surface area contributed by atoms with E-state index in [0.717, 1.165) is 36.3 Å². The molecule has 4 rings (SSSR count). The van der Waals surface area contributed by atoms with Gasteiger partial charge in [-0.2, -0.15) is 4.98 Å². The molecule has 0 aliphatic carbocycles. The van der Waals surface area contributed by atoms with E-state index in [4.69, 9.17) is 10.5 Å². The van der Waals surface area contributed by atoms with Gasteiger partial charge in [-0.1, -0.05) is 6.42 Å². The van der Waals surface area contributed by atoms with Crippen LogP contribution in [0.3, 0.4) is 0 Å². The molecule has 0 saturated carbocycles. The number of thiophene rings is 1. The van der Waals surface area contributed by atoms with Crippen LogP contribution in [0.15, 0.2) is 4.79 Å². The highest BCUT2D eigenvalue weighted by Gasteiger charge is 2.31. The highest BCUT2D eigenvalue weighted by Crippen LogP contribution is 2.40. The number of ether oxygens (including phenoxy) is 1. The first-order valence-corrected chi connectivity index (χ1v) is 9.93. The van der Waals surface area contributed by atoms with Crippen LogP contribution in [-0.4, -0.2) is 39.7 Å². The van der Waals surface area contributed by atoms with Crippen molar-refractivity contribution in [2.75, 3.05) is 25.4 Å². The van der Waals surface area contributed by atoms with Gasteiger partial charge in [0.15, 0.2) is 0 Å². The molecule has 2 aromatic heterocycles. The molecule has 0 spiro atoms. The molecule has 7 heteroatoms. The summed E-state index contributed by atoms with van der Waals surface area (Å²) in [4.78, 5) is 21.2. The van der Waals surface area contributed by atoms with E-state index in [2.05, 4.69) is 23.7 Å². The molecule has 1 fully saturated rings. The number of anilines is 1. The minimum Gasteiger partial charge on any atom is -0.383 e. The third-order valence-electron chi connectivity index (χ3n) is 5.31. The number of fused-ring (bicyclic) bond motifs is 3. The van der Waals surface area contributed by atoms with Crippen molar-refractivity contribution in [3.8, 4) is 0 Å². The Balaban J connectivity index is 1.72. The summed E-state index contributed by atoms with van der Waals surface area (Å²) in [6, 6.07) is 0. The predicted molar refractivity (Wildman–Crippen MR) is 101 cm³/mol. The average Bonchev–Trinajstić information content (AvgIpc) is 2.93. The van der Waals surface area contributed by atoms with Crippen molar-refractivity contribution in [3.63, 3.8) is 0 Å². The molecule has 0 radical (unpaired) electrons. The number of nitrogens with zero attached hydrogens (tertiary/aromatic N) is 3. The van der Waals surface area contributed by atoms with Gasteiger partial charge in [0, 0.05) is 24.4 Å². The van der Waals surface area contributed by atoms with Crippen molar-refractivity contribution in [1.29, 1.82) is 0 Å². The van der Waals surface area contributed by atoms with Crippen molar-refractivity contribution in [2.45, 2.75) is 58.3 Å². The topological polar surface area (TPSA) is 73.4 Å². The maximum absolute atomic E-state index is 12.5. The minimum absolute atomic E-state index is 0.206. The monoisotopic (exact) mass is 362 g/mol. The molecule has 1 saturated heterocycles. The van der Waals surface area contributed by atoms with E-state index in [1.54, 1.807) is 11.3 Å². The maximum Gasteiger partial charge on any atom is 0.350 e. The molecule has 0 aromatic carbocycles. The molecule has 136 valence electrons. The third kappa shape index (κ3) is 3.20. The van der Waals surface area contributed by atoms with Crippen molar-refractivity contribution < 1.29 is 4.74 Å². The smallest absolute Gasteiger partial charge is 0.350 e. The number of hydrogen-bond donors (Lipinski definition) is 1. The highest BCUT2D eigenvalue weighted by atomic mass is 32.1. The van der Waals surface area contributed by atoms with E-state index >= 15 is 0 Å². The Kier molecular flexibility index (Phi) is 4.33. The molecule has 6 nitrogen and oxygen atoms in total. The SMILES string of the molecule is CC1(C)Cc2c(sc3c2c(N)nc(=O)n3CCN2CCCCC2)CO1. The average molecular weight is 362 g/mol. The van der Waals surface area contributed by atoms with Gasteiger partial charge < -0.3 is 15.4 Å². The molecule has 2 aliphatic heterocycles. The van der Waals surface area contributed by atoms with Crippen LogP contribution in [0.1, 0.15) is 43.6 Å².